The van der Waals surface area contributed by atoms with Gasteiger partial charge in [-0.1, -0.05) is 18.2 Å². The second-order valence-electron chi connectivity index (χ2n) is 4.97. The first-order valence-electron chi connectivity index (χ1n) is 6.89. The van der Waals surface area contributed by atoms with Crippen molar-refractivity contribution in [3.8, 4) is 6.07 Å². The topological polar surface area (TPSA) is 61.7 Å². The van der Waals surface area contributed by atoms with Gasteiger partial charge in [0, 0.05) is 11.8 Å². The molecule has 2 aromatic rings. The molecule has 0 fully saturated rings. The van der Waals surface area contributed by atoms with Crippen LogP contribution >= 0.6 is 0 Å². The number of hydrogen-bond donors (Lipinski definition) is 1. The summed E-state index contributed by atoms with van der Waals surface area (Å²) in [6.45, 7) is 4.77. The number of nitrogens with one attached hydrogen (secondary N) is 1. The molecule has 0 radical (unpaired) electrons. The summed E-state index contributed by atoms with van der Waals surface area (Å²) in [7, 11) is 0. The first-order chi connectivity index (χ1) is 10.1. The summed E-state index contributed by atoms with van der Waals surface area (Å²) < 4.78 is 3.67. The lowest BCUT2D eigenvalue weighted by molar-refractivity contribution is -0.764. The number of hydrogen-bond acceptors (Lipinski definition) is 2. The Kier molecular flexibility index (Phi) is 4.72. The van der Waals surface area contributed by atoms with Gasteiger partial charge < -0.3 is 5.32 Å². The summed E-state index contributed by atoms with van der Waals surface area (Å²) in [5, 5.41) is 11.6. The number of aryl methyl sites for hydroxylation is 3. The molecule has 5 heteroatoms. The molecule has 0 bridgehead atoms. The zero-order valence-electron chi connectivity index (χ0n) is 12.3. The van der Waals surface area contributed by atoms with E-state index in [9.17, 15) is 4.79 Å². The van der Waals surface area contributed by atoms with E-state index in [2.05, 4.69) is 11.4 Å². The van der Waals surface area contributed by atoms with E-state index in [0.29, 0.717) is 13.0 Å². The van der Waals surface area contributed by atoms with E-state index in [1.807, 2.05) is 55.2 Å². The molecule has 0 aliphatic heterocycles. The summed E-state index contributed by atoms with van der Waals surface area (Å²) in [4.78, 5) is 12.2. The number of amides is 1. The lowest BCUT2D eigenvalue weighted by Gasteiger charge is -2.10. The summed E-state index contributed by atoms with van der Waals surface area (Å²) in [6.07, 6.45) is 4.12. The molecule has 1 N–H and O–H groups in total. The van der Waals surface area contributed by atoms with Gasteiger partial charge >= 0.3 is 0 Å². The molecule has 21 heavy (non-hydrogen) atoms. The Bertz CT molecular complexity index is 662. The second-order valence-corrected chi connectivity index (χ2v) is 4.97. The molecule has 5 nitrogen and oxygen atoms in total. The van der Waals surface area contributed by atoms with Crippen LogP contribution in [0.4, 0.5) is 5.69 Å². The predicted octanol–water partition coefficient (Wildman–Crippen LogP) is 1.94. The van der Waals surface area contributed by atoms with Crippen LogP contribution in [0.1, 0.15) is 17.5 Å². The van der Waals surface area contributed by atoms with E-state index in [1.165, 1.54) is 0 Å². The summed E-state index contributed by atoms with van der Waals surface area (Å²) in [5.41, 5.74) is 2.97. The lowest BCUT2D eigenvalue weighted by Crippen LogP contribution is -2.47. The highest BCUT2D eigenvalue weighted by Gasteiger charge is 2.15. The minimum absolute atomic E-state index is 0.0747. The monoisotopic (exact) mass is 283 g/mol. The van der Waals surface area contributed by atoms with Crippen molar-refractivity contribution in [1.82, 2.24) is 4.68 Å². The van der Waals surface area contributed by atoms with Crippen LogP contribution in [0.5, 0.6) is 0 Å². The van der Waals surface area contributed by atoms with Gasteiger partial charge in [0.05, 0.1) is 25.2 Å². The van der Waals surface area contributed by atoms with Crippen LogP contribution in [0.25, 0.3) is 0 Å². The van der Waals surface area contributed by atoms with E-state index in [1.54, 1.807) is 4.68 Å². The third-order valence-electron chi connectivity index (χ3n) is 3.35. The molecule has 0 saturated carbocycles. The maximum atomic E-state index is 12.2. The first-order valence-corrected chi connectivity index (χ1v) is 6.89. The second kappa shape index (κ2) is 6.71. The standard InChI is InChI=1S/C16H18N4O/c1-13-6-3-7-14(2)16(13)18-15(21)12-20-11-5-10-19(20)9-4-8-17/h3,5-7,10-11H,4,9,12H2,1-2H3/p+1. The van der Waals surface area contributed by atoms with E-state index >= 15 is 0 Å². The predicted molar refractivity (Wildman–Crippen MR) is 79.4 cm³/mol. The third kappa shape index (κ3) is 3.69. The number of nitrogens with zero attached hydrogens (tertiary/aromatic N) is 3. The Morgan fingerprint density at radius 1 is 1.33 bits per heavy atom. The number of para-hydroxylation sites is 1. The number of benzene rings is 1. The van der Waals surface area contributed by atoms with Crippen molar-refractivity contribution in [3.63, 3.8) is 0 Å². The normalized spacial score (nSPS) is 10.1. The number of rotatable bonds is 5. The van der Waals surface area contributed by atoms with Gasteiger partial charge in [-0.3, -0.25) is 4.79 Å². The first kappa shape index (κ1) is 14.8. The van der Waals surface area contributed by atoms with Crippen LogP contribution in [0.2, 0.25) is 0 Å². The Morgan fingerprint density at radius 2 is 2.05 bits per heavy atom. The molecule has 0 unspecified atom stereocenters. The number of nitriles is 1. The largest absolute Gasteiger partial charge is 0.320 e. The van der Waals surface area contributed by atoms with Gasteiger partial charge in [-0.25, -0.2) is 0 Å². The SMILES string of the molecule is Cc1cccc(C)c1NC(=O)C[n+]1cccn1CCC#N. The van der Waals surface area contributed by atoms with Crippen molar-refractivity contribution in [2.75, 3.05) is 5.32 Å². The fourth-order valence-electron chi connectivity index (χ4n) is 2.26. The maximum Gasteiger partial charge on any atom is 0.292 e. The molecular weight excluding hydrogens is 264 g/mol. The lowest BCUT2D eigenvalue weighted by atomic mass is 10.1. The van der Waals surface area contributed by atoms with Crippen LogP contribution in [0.15, 0.2) is 36.7 Å². The third-order valence-corrected chi connectivity index (χ3v) is 3.35. The molecule has 1 heterocycles. The van der Waals surface area contributed by atoms with Gasteiger partial charge in [-0.15, -0.1) is 4.68 Å². The Balaban J connectivity index is 2.06. The molecule has 0 aliphatic rings. The van der Waals surface area contributed by atoms with Gasteiger partial charge in [0.1, 0.15) is 0 Å². The fourth-order valence-corrected chi connectivity index (χ4v) is 2.26. The molecule has 0 spiro atoms. The van der Waals surface area contributed by atoms with Crippen molar-refractivity contribution < 1.29 is 9.48 Å². The summed E-state index contributed by atoms with van der Waals surface area (Å²) >= 11 is 0. The number of carbonyl (C=O) groups is 1. The van der Waals surface area contributed by atoms with E-state index in [-0.39, 0.29) is 12.5 Å². The molecule has 1 aromatic heterocycles. The molecule has 0 saturated heterocycles. The fraction of sp³-hybridized carbons (Fsp3) is 0.312. The average Bonchev–Trinajstić information content (AvgIpc) is 2.88. The Hall–Kier alpha value is -2.61. The number of anilines is 1. The Morgan fingerprint density at radius 3 is 2.71 bits per heavy atom. The van der Waals surface area contributed by atoms with E-state index < -0.39 is 0 Å². The van der Waals surface area contributed by atoms with E-state index in [0.717, 1.165) is 16.8 Å². The zero-order valence-corrected chi connectivity index (χ0v) is 12.3. The van der Waals surface area contributed by atoms with Crippen LogP contribution in [0, 0.1) is 25.2 Å². The van der Waals surface area contributed by atoms with Crippen LogP contribution in [-0.4, -0.2) is 10.6 Å². The smallest absolute Gasteiger partial charge is 0.292 e. The van der Waals surface area contributed by atoms with Crippen molar-refractivity contribution in [3.05, 3.63) is 47.8 Å². The number of carbonyl (C=O) groups excluding carboxylic acids is 1. The van der Waals surface area contributed by atoms with Crippen molar-refractivity contribution in [1.29, 1.82) is 5.26 Å². The highest BCUT2D eigenvalue weighted by molar-refractivity contribution is 5.91. The van der Waals surface area contributed by atoms with Gasteiger partial charge in [0.2, 0.25) is 6.54 Å². The van der Waals surface area contributed by atoms with Gasteiger partial charge in [-0.05, 0) is 25.0 Å². The van der Waals surface area contributed by atoms with Crippen molar-refractivity contribution in [2.24, 2.45) is 0 Å². The quantitative estimate of drug-likeness (QED) is 0.852. The number of aromatic nitrogens is 2. The molecule has 1 amide bonds. The zero-order chi connectivity index (χ0) is 15.2. The van der Waals surface area contributed by atoms with E-state index in [4.69, 9.17) is 5.26 Å². The molecular formula is C16H19N4O+. The minimum atomic E-state index is -0.0747. The Labute approximate surface area is 124 Å². The summed E-state index contributed by atoms with van der Waals surface area (Å²) in [5.74, 6) is -0.0747. The van der Waals surface area contributed by atoms with Gasteiger partial charge in [0.15, 0.2) is 6.20 Å². The van der Waals surface area contributed by atoms with Crippen molar-refractivity contribution in [2.45, 2.75) is 33.4 Å². The average molecular weight is 283 g/mol. The molecule has 0 aliphatic carbocycles. The minimum Gasteiger partial charge on any atom is -0.320 e. The van der Waals surface area contributed by atoms with Crippen LogP contribution < -0.4 is 10.00 Å². The molecule has 2 rings (SSSR count). The van der Waals surface area contributed by atoms with Crippen LogP contribution in [-0.2, 0) is 17.9 Å². The molecule has 108 valence electrons. The molecule has 1 aromatic carbocycles. The highest BCUT2D eigenvalue weighted by atomic mass is 16.2. The summed E-state index contributed by atoms with van der Waals surface area (Å²) in [6, 6.07) is 9.90. The highest BCUT2D eigenvalue weighted by Crippen LogP contribution is 2.19. The maximum absolute atomic E-state index is 12.2. The van der Waals surface area contributed by atoms with Gasteiger partial charge in [-0.2, -0.15) is 9.94 Å². The van der Waals surface area contributed by atoms with Crippen molar-refractivity contribution >= 4 is 11.6 Å². The molecule has 0 atom stereocenters. The van der Waals surface area contributed by atoms with Gasteiger partial charge in [0.25, 0.3) is 5.91 Å². The van der Waals surface area contributed by atoms with Crippen LogP contribution in [0.3, 0.4) is 0 Å².